The molecule has 0 aromatic heterocycles. The van der Waals surface area contributed by atoms with Crippen molar-refractivity contribution >= 4 is 27.5 Å². The van der Waals surface area contributed by atoms with Crippen molar-refractivity contribution in [1.29, 1.82) is 0 Å². The second-order valence-corrected chi connectivity index (χ2v) is 6.02. The molecule has 0 atom stereocenters. The van der Waals surface area contributed by atoms with Crippen LogP contribution in [0.4, 0.5) is 0 Å². The lowest BCUT2D eigenvalue weighted by Crippen LogP contribution is -2.14. The summed E-state index contributed by atoms with van der Waals surface area (Å²) in [7, 11) is 0. The summed E-state index contributed by atoms with van der Waals surface area (Å²) in [6.07, 6.45) is 0. The van der Waals surface area contributed by atoms with Crippen molar-refractivity contribution < 1.29 is 4.74 Å². The largest absolute Gasteiger partial charge is 0.377 e. The molecule has 112 valence electrons. The van der Waals surface area contributed by atoms with Gasteiger partial charge in [0.25, 0.3) is 0 Å². The minimum Gasteiger partial charge on any atom is -0.377 e. The van der Waals surface area contributed by atoms with Gasteiger partial charge in [-0.05, 0) is 51.7 Å². The van der Waals surface area contributed by atoms with E-state index in [1.54, 1.807) is 0 Å². The van der Waals surface area contributed by atoms with Crippen LogP contribution < -0.4 is 5.32 Å². The molecule has 0 saturated carbocycles. The summed E-state index contributed by atoms with van der Waals surface area (Å²) in [5.74, 6) is 0. The summed E-state index contributed by atoms with van der Waals surface area (Å²) in [5, 5.41) is 4.20. The average Bonchev–Trinajstić information content (AvgIpc) is 2.50. The van der Waals surface area contributed by atoms with Gasteiger partial charge in [-0.2, -0.15) is 0 Å². The zero-order valence-electron chi connectivity index (χ0n) is 12.0. The van der Waals surface area contributed by atoms with Gasteiger partial charge in [0.15, 0.2) is 0 Å². The molecule has 2 aromatic carbocycles. The van der Waals surface area contributed by atoms with Crippen LogP contribution in [0.25, 0.3) is 0 Å². The van der Waals surface area contributed by atoms with Crippen LogP contribution in [0.1, 0.15) is 23.6 Å². The summed E-state index contributed by atoms with van der Waals surface area (Å²) < 4.78 is 6.44. The number of nitrogens with one attached hydrogen (secondary N) is 1. The maximum Gasteiger partial charge on any atom is 0.0719 e. The molecule has 2 aromatic rings. The molecule has 0 saturated heterocycles. The Bertz CT molecular complexity index is 589. The van der Waals surface area contributed by atoms with Crippen LogP contribution in [0, 0.1) is 0 Å². The molecule has 0 heterocycles. The summed E-state index contributed by atoms with van der Waals surface area (Å²) in [6.45, 7) is 5.04. The molecule has 0 radical (unpaired) electrons. The van der Waals surface area contributed by atoms with Crippen LogP contribution in [-0.4, -0.2) is 6.61 Å². The van der Waals surface area contributed by atoms with Crippen molar-refractivity contribution in [3.8, 4) is 0 Å². The number of halogens is 2. The molecular formula is C17H19BrClNO. The fourth-order valence-electron chi connectivity index (χ4n) is 2.07. The average molecular weight is 369 g/mol. The van der Waals surface area contributed by atoms with Crippen molar-refractivity contribution in [3.63, 3.8) is 0 Å². The van der Waals surface area contributed by atoms with Gasteiger partial charge >= 0.3 is 0 Å². The number of hydrogen-bond acceptors (Lipinski definition) is 2. The first-order valence-electron chi connectivity index (χ1n) is 7.00. The Balaban J connectivity index is 1.92. The third kappa shape index (κ3) is 5.11. The van der Waals surface area contributed by atoms with Crippen LogP contribution in [0.3, 0.4) is 0 Å². The molecule has 0 spiro atoms. The van der Waals surface area contributed by atoms with Gasteiger partial charge in [-0.25, -0.2) is 0 Å². The summed E-state index contributed by atoms with van der Waals surface area (Å²) in [6, 6.07) is 14.4. The standard InChI is InChI=1S/C17H19BrClNO/c1-2-21-12-15-6-4-3-5-14(15)11-20-10-13-7-8-17(19)16(18)9-13/h3-9,20H,2,10-12H2,1H3. The molecule has 21 heavy (non-hydrogen) atoms. The Hall–Kier alpha value is -0.870. The topological polar surface area (TPSA) is 21.3 Å². The Kier molecular flexibility index (Phi) is 6.71. The lowest BCUT2D eigenvalue weighted by Gasteiger charge is -2.11. The van der Waals surface area contributed by atoms with E-state index in [9.17, 15) is 0 Å². The minimum atomic E-state index is 0.668. The lowest BCUT2D eigenvalue weighted by atomic mass is 10.1. The molecule has 0 bridgehead atoms. The zero-order chi connectivity index (χ0) is 15.1. The fraction of sp³-hybridized carbons (Fsp3) is 0.294. The number of rotatable bonds is 7. The van der Waals surface area contributed by atoms with E-state index >= 15 is 0 Å². The predicted octanol–water partition coefficient (Wildman–Crippen LogP) is 4.93. The van der Waals surface area contributed by atoms with Crippen LogP contribution in [0.5, 0.6) is 0 Å². The van der Waals surface area contributed by atoms with Crippen LogP contribution in [-0.2, 0) is 24.4 Å². The van der Waals surface area contributed by atoms with Crippen molar-refractivity contribution in [3.05, 3.63) is 68.7 Å². The van der Waals surface area contributed by atoms with Gasteiger partial charge in [0, 0.05) is 24.2 Å². The quantitative estimate of drug-likeness (QED) is 0.748. The van der Waals surface area contributed by atoms with Crippen LogP contribution >= 0.6 is 27.5 Å². The highest BCUT2D eigenvalue weighted by Gasteiger charge is 2.03. The first-order chi connectivity index (χ1) is 10.2. The van der Waals surface area contributed by atoms with Crippen molar-refractivity contribution in [2.24, 2.45) is 0 Å². The fourth-order valence-corrected chi connectivity index (χ4v) is 2.62. The van der Waals surface area contributed by atoms with Crippen LogP contribution in [0.15, 0.2) is 46.9 Å². The molecular weight excluding hydrogens is 350 g/mol. The Labute approximate surface area is 139 Å². The van der Waals surface area contributed by atoms with Crippen LogP contribution in [0.2, 0.25) is 5.02 Å². The van der Waals surface area contributed by atoms with Gasteiger partial charge in [0.05, 0.1) is 11.6 Å². The van der Waals surface area contributed by atoms with E-state index < -0.39 is 0 Å². The van der Waals surface area contributed by atoms with E-state index in [4.69, 9.17) is 16.3 Å². The third-order valence-electron chi connectivity index (χ3n) is 3.21. The molecule has 1 N–H and O–H groups in total. The maximum atomic E-state index is 6.00. The SMILES string of the molecule is CCOCc1ccccc1CNCc1ccc(Cl)c(Br)c1. The minimum absolute atomic E-state index is 0.668. The van der Waals surface area contributed by atoms with E-state index in [1.165, 1.54) is 16.7 Å². The first-order valence-corrected chi connectivity index (χ1v) is 8.17. The lowest BCUT2D eigenvalue weighted by molar-refractivity contribution is 0.133. The summed E-state index contributed by atoms with van der Waals surface area (Å²) >= 11 is 9.45. The van der Waals surface area contributed by atoms with Crippen molar-refractivity contribution in [2.75, 3.05) is 6.61 Å². The van der Waals surface area contributed by atoms with E-state index in [2.05, 4.69) is 39.4 Å². The molecule has 4 heteroatoms. The smallest absolute Gasteiger partial charge is 0.0719 e. The van der Waals surface area contributed by atoms with E-state index in [0.29, 0.717) is 6.61 Å². The third-order valence-corrected chi connectivity index (χ3v) is 4.42. The molecule has 0 aliphatic rings. The van der Waals surface area contributed by atoms with E-state index in [1.807, 2.05) is 31.2 Å². The molecule has 0 fully saturated rings. The van der Waals surface area contributed by atoms with Crippen molar-refractivity contribution in [1.82, 2.24) is 5.32 Å². The highest BCUT2D eigenvalue weighted by atomic mass is 79.9. The number of ether oxygens (including phenoxy) is 1. The first kappa shape index (κ1) is 16.5. The predicted molar refractivity (Wildman–Crippen MR) is 91.5 cm³/mol. The van der Waals surface area contributed by atoms with Gasteiger partial charge in [-0.1, -0.05) is 41.9 Å². The van der Waals surface area contributed by atoms with Crippen molar-refractivity contribution in [2.45, 2.75) is 26.6 Å². The second-order valence-electron chi connectivity index (χ2n) is 4.76. The van der Waals surface area contributed by atoms with E-state index in [-0.39, 0.29) is 0 Å². The number of benzene rings is 2. The Morgan fingerprint density at radius 3 is 2.57 bits per heavy atom. The summed E-state index contributed by atoms with van der Waals surface area (Å²) in [5.41, 5.74) is 3.72. The number of hydrogen-bond donors (Lipinski definition) is 1. The van der Waals surface area contributed by atoms with E-state index in [0.717, 1.165) is 29.2 Å². The van der Waals surface area contributed by atoms with Gasteiger partial charge in [-0.15, -0.1) is 0 Å². The molecule has 2 nitrogen and oxygen atoms in total. The zero-order valence-corrected chi connectivity index (χ0v) is 14.4. The van der Waals surface area contributed by atoms with Gasteiger partial charge in [-0.3, -0.25) is 0 Å². The molecule has 0 aliphatic heterocycles. The molecule has 0 amide bonds. The van der Waals surface area contributed by atoms with Gasteiger partial charge in [0.2, 0.25) is 0 Å². The molecule has 0 unspecified atom stereocenters. The molecule has 2 rings (SSSR count). The normalized spacial score (nSPS) is 10.8. The monoisotopic (exact) mass is 367 g/mol. The molecule has 0 aliphatic carbocycles. The van der Waals surface area contributed by atoms with Gasteiger partial charge in [0.1, 0.15) is 0 Å². The second kappa shape index (κ2) is 8.54. The van der Waals surface area contributed by atoms with Gasteiger partial charge < -0.3 is 10.1 Å². The summed E-state index contributed by atoms with van der Waals surface area (Å²) in [4.78, 5) is 0. The highest BCUT2D eigenvalue weighted by Crippen LogP contribution is 2.23. The maximum absolute atomic E-state index is 6.00. The Morgan fingerprint density at radius 2 is 1.86 bits per heavy atom. The Morgan fingerprint density at radius 1 is 1.10 bits per heavy atom. The highest BCUT2D eigenvalue weighted by molar-refractivity contribution is 9.10.